The Balaban J connectivity index is 0.897. The maximum atomic E-state index is 15.1. The van der Waals surface area contributed by atoms with E-state index in [-0.39, 0.29) is 107 Å². The number of rotatable bonds is 10. The number of methoxy groups -OCH3 is 1. The topological polar surface area (TPSA) is 214 Å². The number of fused-ring (bicyclic) bond motifs is 17. The minimum Gasteiger partial charge on any atom is -0.508 e. The molecule has 0 radical (unpaired) electrons. The molecule has 0 unspecified atom stereocenters. The number of anilines is 1. The third kappa shape index (κ3) is 11.1. The van der Waals surface area contributed by atoms with Gasteiger partial charge in [-0.05, 0) is 165 Å². The van der Waals surface area contributed by atoms with Crippen LogP contribution in [0.2, 0.25) is 0 Å². The number of nitrogens with two attached hydrogens (primary N) is 2. The van der Waals surface area contributed by atoms with Gasteiger partial charge in [0, 0.05) is 90.2 Å². The van der Waals surface area contributed by atoms with Crippen LogP contribution in [0.5, 0.6) is 23.0 Å². The van der Waals surface area contributed by atoms with Crippen molar-refractivity contribution in [2.45, 2.75) is 93.6 Å². The minimum absolute atomic E-state index is 0.00901. The van der Waals surface area contributed by atoms with Crippen LogP contribution in [0.3, 0.4) is 0 Å². The van der Waals surface area contributed by atoms with E-state index < -0.39 is 17.4 Å². The number of aliphatic imine (C=N–C) groups is 1. The molecule has 9 N–H and O–H groups in total. The van der Waals surface area contributed by atoms with Crippen molar-refractivity contribution in [2.75, 3.05) is 51.5 Å². The zero-order valence-electron chi connectivity index (χ0n) is 55.4. The maximum Gasteiger partial charge on any atom is 0.204 e. The summed E-state index contributed by atoms with van der Waals surface area (Å²) in [5.41, 5.74) is 23.8. The zero-order valence-corrected chi connectivity index (χ0v) is 55.4. The number of aliphatic hydroxyl groups excluding tert-OH is 2. The summed E-state index contributed by atoms with van der Waals surface area (Å²) in [6.07, 6.45) is 13.6. The number of allylic oxidation sites excluding steroid dienone is 1. The Morgan fingerprint density at radius 2 is 1.73 bits per heavy atom. The first-order valence-electron chi connectivity index (χ1n) is 34.8. The molecule has 1 spiro atoms. The third-order valence-electron chi connectivity index (χ3n) is 22.6. The number of aryl methyl sites for hydroxylation is 2. The molecule has 2 saturated carbocycles. The number of H-pyrrole nitrogens is 1. The third-order valence-corrected chi connectivity index (χ3v) is 22.6. The number of benzene rings is 8. The van der Waals surface area contributed by atoms with Gasteiger partial charge in [-0.2, -0.15) is 0 Å². The Morgan fingerprint density at radius 3 is 2.56 bits per heavy atom. The summed E-state index contributed by atoms with van der Waals surface area (Å²) < 4.78 is 27.2. The van der Waals surface area contributed by atoms with E-state index in [0.29, 0.717) is 48.5 Å². The Morgan fingerprint density at radius 1 is 0.898 bits per heavy atom. The van der Waals surface area contributed by atoms with Gasteiger partial charge in [0.25, 0.3) is 0 Å². The second kappa shape index (κ2) is 25.8. The number of ether oxygens (including phenoxy) is 3. The molecule has 3 fully saturated rings. The van der Waals surface area contributed by atoms with Crippen molar-refractivity contribution in [2.24, 2.45) is 40.1 Å². The Kier molecular flexibility index (Phi) is 16.5. The number of aromatic nitrogens is 1. The van der Waals surface area contributed by atoms with E-state index in [1.807, 2.05) is 36.4 Å². The van der Waals surface area contributed by atoms with Crippen LogP contribution in [0.15, 0.2) is 184 Å². The predicted octanol–water partition coefficient (Wildman–Crippen LogP) is 14.2. The van der Waals surface area contributed by atoms with Crippen molar-refractivity contribution in [3.63, 3.8) is 0 Å². The van der Waals surface area contributed by atoms with Gasteiger partial charge in [-0.1, -0.05) is 147 Å². The molecule has 1 saturated heterocycles. The number of phenolic OH excluding ortho intramolecular Hbond substituents is 1. The average molecular weight is 1300 g/mol. The van der Waals surface area contributed by atoms with E-state index in [2.05, 4.69) is 143 Å². The highest BCUT2D eigenvalue weighted by molar-refractivity contribution is 6.01. The standard InChI is InChI=1S/C84H82N6O8/c1-83-35-10-18-60(83)17-9-19-69-64-33-27-54-22-23-58-41-55-14-6-7-15-56(55)42-66(58)75(54)68(64)46-84(69)61-28-24-59(70(43-61)88-82(85)86)40-52(48-91)49-97-78-65(32-21-51-13-8-16-57(39-51)67-44-73(83)89-81(67)90-37-36-87-47-74(84)90)77-76(71(94)45-72(98-77)53-25-30-62(92)31-26-53)79(80(78)95-2)96-38-34-63(93)29-20-50-11-4-3-5-12-50/h3-8,11-16,20,22-31,33,39,41-45,52,60,63-64,68-69,74,87,89,91-93H,10,17-18,21,32,34-38,40,46-49H2,1-2H3,(H4,85,86,88)/b29-20+/t52-,60-,63+,64+,68+,69-,74-,83-,84+/m1/s1. The Labute approximate surface area is 570 Å². The highest BCUT2D eigenvalue weighted by Crippen LogP contribution is 2.63. The van der Waals surface area contributed by atoms with Gasteiger partial charge in [0.2, 0.25) is 5.75 Å². The minimum atomic E-state index is -0.885. The second-order valence-electron chi connectivity index (χ2n) is 28.2. The number of hydrogen-bond acceptors (Lipinski definition) is 11. The van der Waals surface area contributed by atoms with Gasteiger partial charge >= 0.3 is 0 Å². The average Bonchev–Trinajstić information content (AvgIpc) is 1.52. The molecule has 0 amide bonds. The van der Waals surface area contributed by atoms with Crippen molar-refractivity contribution in [3.05, 3.63) is 225 Å². The highest BCUT2D eigenvalue weighted by atomic mass is 16.5. The van der Waals surface area contributed by atoms with E-state index >= 15 is 4.79 Å². The molecule has 9 atom stereocenters. The molecular weight excluding hydrogens is 1220 g/mol. The van der Waals surface area contributed by atoms with Crippen LogP contribution in [-0.2, 0) is 30.1 Å². The molecule has 98 heavy (non-hydrogen) atoms. The van der Waals surface area contributed by atoms with Crippen molar-refractivity contribution >= 4 is 62.1 Å². The van der Waals surface area contributed by atoms with Crippen LogP contribution in [0, 0.1) is 35.5 Å². The van der Waals surface area contributed by atoms with Crippen molar-refractivity contribution in [1.29, 1.82) is 0 Å². The van der Waals surface area contributed by atoms with Crippen LogP contribution in [-0.4, -0.2) is 85.0 Å². The van der Waals surface area contributed by atoms with Gasteiger partial charge < -0.3 is 60.6 Å². The molecule has 7 aliphatic rings. The first kappa shape index (κ1) is 62.7. The molecule has 14 heteroatoms. The first-order valence-corrected chi connectivity index (χ1v) is 34.8. The molecule has 8 aromatic carbocycles. The van der Waals surface area contributed by atoms with Crippen molar-refractivity contribution in [1.82, 2.24) is 10.3 Å². The number of nitrogens with zero attached hydrogens (tertiary/aromatic N) is 2. The Hall–Kier alpha value is -10.0. The zero-order chi connectivity index (χ0) is 66.8. The fourth-order valence-corrected chi connectivity index (χ4v) is 17.6. The van der Waals surface area contributed by atoms with Gasteiger partial charge in [-0.25, -0.2) is 4.99 Å². The molecule has 496 valence electrons. The van der Waals surface area contributed by atoms with Gasteiger partial charge in [-0.3, -0.25) is 4.79 Å². The van der Waals surface area contributed by atoms with E-state index in [9.17, 15) is 15.3 Å². The summed E-state index contributed by atoms with van der Waals surface area (Å²) in [5.74, 6) is 9.94. The van der Waals surface area contributed by atoms with Crippen molar-refractivity contribution < 1.29 is 33.9 Å². The lowest BCUT2D eigenvalue weighted by Crippen LogP contribution is -2.62. The summed E-state index contributed by atoms with van der Waals surface area (Å²) in [6, 6.07) is 53.6. The van der Waals surface area contributed by atoms with Crippen molar-refractivity contribution in [3.8, 4) is 57.3 Å². The fraction of sp³-hybridized carbons (Fsp3) is 0.310. The van der Waals surface area contributed by atoms with E-state index in [1.165, 1.54) is 51.5 Å². The highest BCUT2D eigenvalue weighted by Gasteiger charge is 2.60. The predicted molar refractivity (Wildman–Crippen MR) is 391 cm³/mol. The van der Waals surface area contributed by atoms with Crippen LogP contribution in [0.4, 0.5) is 11.5 Å². The normalized spacial score (nSPS) is 23.5. The number of aromatic amines is 1. The largest absolute Gasteiger partial charge is 0.508 e. The van der Waals surface area contributed by atoms with Gasteiger partial charge in [-0.15, -0.1) is 5.92 Å². The lowest BCUT2D eigenvalue weighted by Gasteiger charge is -2.50. The first-order chi connectivity index (χ1) is 47.8. The Bertz CT molecular complexity index is 4960. The summed E-state index contributed by atoms with van der Waals surface area (Å²) in [7, 11) is 1.52. The number of piperazine rings is 1. The summed E-state index contributed by atoms with van der Waals surface area (Å²) >= 11 is 0. The molecule has 6 heterocycles. The van der Waals surface area contributed by atoms with Crippen LogP contribution in [0.25, 0.3) is 67.1 Å². The maximum absolute atomic E-state index is 15.1. The fourth-order valence-electron chi connectivity index (χ4n) is 17.6. The summed E-state index contributed by atoms with van der Waals surface area (Å²) in [5, 5.41) is 42.4. The molecule has 17 rings (SSSR count). The lowest BCUT2D eigenvalue weighted by molar-refractivity contribution is 0.157. The molecule has 3 aliphatic carbocycles. The molecule has 10 aromatic rings. The summed E-state index contributed by atoms with van der Waals surface area (Å²) in [4.78, 5) is 27.1. The van der Waals surface area contributed by atoms with Gasteiger partial charge in [0.05, 0.1) is 38.2 Å². The smallest absolute Gasteiger partial charge is 0.204 e. The number of nitrogens with one attached hydrogen (secondary N) is 2. The molecule has 4 aliphatic heterocycles. The molecular formula is C84H82N6O8. The number of phenols is 1. The van der Waals surface area contributed by atoms with E-state index in [4.69, 9.17) is 35.1 Å². The lowest BCUT2D eigenvalue weighted by atomic mass is 9.64. The van der Waals surface area contributed by atoms with Crippen LogP contribution < -0.4 is 41.3 Å². The SMILES string of the molecule is COc1c2c(c3oc(-c4ccc(O)cc4)cc(=O)c3c1OCC[C@@H](O)/C=C/c1ccccc1)CCc1cccc(c1)-c1cc3[nH]c1N1CCNC[C@@H]1[C@@]1(C[C@@H]4c5c(ccc6cc7ccccc7cc56)C=C[C@@H]4[C@H]1C#CC[C@@H]1CCC[C@@]31C)c1ccc(c(N=C(N)N)c1)C[C@H](CO)CO2. The van der Waals surface area contributed by atoms with Gasteiger partial charge in [0.1, 0.15) is 28.3 Å². The van der Waals surface area contributed by atoms with E-state index in [0.717, 1.165) is 84.4 Å². The molecule has 7 bridgehead atoms. The molecule has 14 nitrogen and oxygen atoms in total. The quantitative estimate of drug-likeness (QED) is 0.0295. The monoisotopic (exact) mass is 1300 g/mol. The number of aliphatic hydroxyl groups is 2. The second-order valence-corrected chi connectivity index (χ2v) is 28.2. The van der Waals surface area contributed by atoms with Crippen LogP contribution in [0.1, 0.15) is 96.0 Å². The summed E-state index contributed by atoms with van der Waals surface area (Å²) in [6.45, 7) is 4.35. The number of hydrogen-bond donors (Lipinski definition) is 7. The van der Waals surface area contributed by atoms with Crippen LogP contribution >= 0.6 is 0 Å². The number of aromatic hydroxyl groups is 1. The van der Waals surface area contributed by atoms with Gasteiger partial charge in [0.15, 0.2) is 22.9 Å². The molecule has 2 aromatic heterocycles. The number of guanidine groups is 1. The van der Waals surface area contributed by atoms with E-state index in [1.54, 1.807) is 30.3 Å².